The van der Waals surface area contributed by atoms with Gasteiger partial charge in [0, 0.05) is 30.2 Å². The summed E-state index contributed by atoms with van der Waals surface area (Å²) < 4.78 is 0. The molecular weight excluding hydrogens is 279 g/mol. The minimum atomic E-state index is 0.506. The average molecular weight is 299 g/mol. The van der Waals surface area contributed by atoms with Crippen molar-refractivity contribution < 1.29 is 0 Å². The average Bonchev–Trinajstić information content (AvgIpc) is 3.25. The maximum absolute atomic E-state index is 6.37. The Kier molecular flexibility index (Phi) is 3.93. The van der Waals surface area contributed by atoms with Gasteiger partial charge in [-0.1, -0.05) is 30.1 Å². The molecule has 1 aliphatic carbocycles. The van der Waals surface area contributed by atoms with E-state index >= 15 is 0 Å². The molecule has 19 heavy (non-hydrogen) atoms. The third-order valence-corrected chi connectivity index (χ3v) is 4.88. The fourth-order valence-electron chi connectivity index (χ4n) is 3.00. The number of rotatable bonds is 3. The summed E-state index contributed by atoms with van der Waals surface area (Å²) in [4.78, 5) is 2.45. The lowest BCUT2D eigenvalue weighted by Crippen LogP contribution is -2.57. The zero-order valence-corrected chi connectivity index (χ0v) is 12.7. The van der Waals surface area contributed by atoms with E-state index in [1.54, 1.807) is 0 Å². The molecule has 1 aromatic carbocycles. The summed E-state index contributed by atoms with van der Waals surface area (Å²) in [5, 5.41) is 5.26. The first kappa shape index (κ1) is 13.5. The zero-order chi connectivity index (χ0) is 13.4. The highest BCUT2D eigenvalue weighted by Gasteiger charge is 2.37. The van der Waals surface area contributed by atoms with E-state index in [4.69, 9.17) is 23.2 Å². The normalized spacial score (nSPS) is 27.6. The maximum atomic E-state index is 6.37. The lowest BCUT2D eigenvalue weighted by atomic mass is 10.0. The van der Waals surface area contributed by atoms with Crippen LogP contribution >= 0.6 is 23.2 Å². The molecule has 0 amide bonds. The van der Waals surface area contributed by atoms with Crippen LogP contribution in [0.15, 0.2) is 18.2 Å². The van der Waals surface area contributed by atoms with Crippen molar-refractivity contribution in [2.24, 2.45) is 5.92 Å². The van der Waals surface area contributed by atoms with Crippen molar-refractivity contribution in [3.05, 3.63) is 28.2 Å². The smallest absolute Gasteiger partial charge is 0.0640 e. The van der Waals surface area contributed by atoms with Gasteiger partial charge in [-0.25, -0.2) is 0 Å². The van der Waals surface area contributed by atoms with Gasteiger partial charge in [-0.05, 0) is 43.4 Å². The van der Waals surface area contributed by atoms with Crippen LogP contribution in [0.4, 0.5) is 5.69 Å². The van der Waals surface area contributed by atoms with Gasteiger partial charge in [0.05, 0.1) is 10.7 Å². The molecule has 2 unspecified atom stereocenters. The third-order valence-electron chi connectivity index (χ3n) is 4.33. The molecule has 2 fully saturated rings. The summed E-state index contributed by atoms with van der Waals surface area (Å²) in [5.74, 6) is 0.860. The van der Waals surface area contributed by atoms with Crippen molar-refractivity contribution in [3.8, 4) is 0 Å². The second-order valence-corrected chi connectivity index (χ2v) is 6.51. The predicted octanol–water partition coefficient (Wildman–Crippen LogP) is 3.96. The largest absolute Gasteiger partial charge is 0.364 e. The van der Waals surface area contributed by atoms with Gasteiger partial charge in [0.25, 0.3) is 0 Å². The van der Waals surface area contributed by atoms with E-state index < -0.39 is 0 Å². The predicted molar refractivity (Wildman–Crippen MR) is 82.4 cm³/mol. The number of hydrogen-bond acceptors (Lipinski definition) is 2. The van der Waals surface area contributed by atoms with Gasteiger partial charge >= 0.3 is 0 Å². The Morgan fingerprint density at radius 2 is 2.11 bits per heavy atom. The van der Waals surface area contributed by atoms with Crippen molar-refractivity contribution in [1.29, 1.82) is 0 Å². The summed E-state index contributed by atoms with van der Waals surface area (Å²) in [7, 11) is 0. The first-order valence-corrected chi connectivity index (χ1v) is 7.89. The molecule has 2 aliphatic rings. The number of anilines is 1. The van der Waals surface area contributed by atoms with Crippen LogP contribution in [0, 0.1) is 5.92 Å². The van der Waals surface area contributed by atoms with E-state index in [0.29, 0.717) is 12.1 Å². The molecule has 3 rings (SSSR count). The molecule has 104 valence electrons. The van der Waals surface area contributed by atoms with Crippen LogP contribution in [0.5, 0.6) is 0 Å². The molecule has 1 saturated carbocycles. The van der Waals surface area contributed by atoms with Crippen molar-refractivity contribution >= 4 is 28.9 Å². The minimum Gasteiger partial charge on any atom is -0.364 e. The third kappa shape index (κ3) is 2.86. The Morgan fingerprint density at radius 1 is 1.32 bits per heavy atom. The van der Waals surface area contributed by atoms with E-state index in [-0.39, 0.29) is 0 Å². The molecule has 1 saturated heterocycles. The number of nitrogens with one attached hydrogen (secondary N) is 1. The van der Waals surface area contributed by atoms with Gasteiger partial charge in [-0.3, -0.25) is 0 Å². The molecule has 1 aromatic rings. The molecule has 2 nitrogen and oxygen atoms in total. The van der Waals surface area contributed by atoms with Crippen LogP contribution in [0.25, 0.3) is 0 Å². The number of benzene rings is 1. The zero-order valence-electron chi connectivity index (χ0n) is 11.2. The molecule has 0 spiro atoms. The van der Waals surface area contributed by atoms with Crippen LogP contribution in [0.2, 0.25) is 10.0 Å². The minimum absolute atomic E-state index is 0.506. The van der Waals surface area contributed by atoms with E-state index in [0.717, 1.165) is 41.2 Å². The first-order chi connectivity index (χ1) is 9.19. The van der Waals surface area contributed by atoms with Gasteiger partial charge in [-0.15, -0.1) is 0 Å². The Bertz CT molecular complexity index is 459. The van der Waals surface area contributed by atoms with E-state index in [2.05, 4.69) is 17.1 Å². The summed E-state index contributed by atoms with van der Waals surface area (Å²) in [6, 6.07) is 6.88. The second-order valence-electron chi connectivity index (χ2n) is 5.66. The molecule has 2 atom stereocenters. The summed E-state index contributed by atoms with van der Waals surface area (Å²) >= 11 is 12.5. The van der Waals surface area contributed by atoms with Crippen LogP contribution in [0.3, 0.4) is 0 Å². The number of hydrogen-bond donors (Lipinski definition) is 1. The van der Waals surface area contributed by atoms with Gasteiger partial charge in [0.2, 0.25) is 0 Å². The Labute approximate surface area is 125 Å². The number of nitrogens with zero attached hydrogens (tertiary/aromatic N) is 1. The fraction of sp³-hybridized carbons (Fsp3) is 0.600. The maximum Gasteiger partial charge on any atom is 0.0640 e. The monoisotopic (exact) mass is 298 g/mol. The van der Waals surface area contributed by atoms with Gasteiger partial charge in [-0.2, -0.15) is 0 Å². The summed E-state index contributed by atoms with van der Waals surface area (Å²) in [5.41, 5.74) is 1.09. The summed E-state index contributed by atoms with van der Waals surface area (Å²) in [6.45, 7) is 4.32. The first-order valence-electron chi connectivity index (χ1n) is 7.14. The van der Waals surface area contributed by atoms with Crippen LogP contribution < -0.4 is 10.2 Å². The SMILES string of the molecule is CCC1CNC(C2CC2)CN1c1cc(Cl)ccc1Cl. The number of piperazine rings is 1. The highest BCUT2D eigenvalue weighted by Crippen LogP contribution is 2.37. The molecule has 0 bridgehead atoms. The summed E-state index contributed by atoms with van der Waals surface area (Å²) in [6.07, 6.45) is 3.85. The van der Waals surface area contributed by atoms with Crippen molar-refractivity contribution in [1.82, 2.24) is 5.32 Å². The molecule has 1 heterocycles. The van der Waals surface area contributed by atoms with Crippen molar-refractivity contribution in [2.75, 3.05) is 18.0 Å². The van der Waals surface area contributed by atoms with Crippen LogP contribution in [-0.2, 0) is 0 Å². The van der Waals surface area contributed by atoms with Crippen LogP contribution in [0.1, 0.15) is 26.2 Å². The molecule has 4 heteroatoms. The van der Waals surface area contributed by atoms with Gasteiger partial charge in [0.15, 0.2) is 0 Å². The lowest BCUT2D eigenvalue weighted by Gasteiger charge is -2.42. The number of halogens is 2. The second kappa shape index (κ2) is 5.51. The van der Waals surface area contributed by atoms with Crippen molar-refractivity contribution in [2.45, 2.75) is 38.3 Å². The van der Waals surface area contributed by atoms with Gasteiger partial charge < -0.3 is 10.2 Å². The highest BCUT2D eigenvalue weighted by atomic mass is 35.5. The molecular formula is C15H20Cl2N2. The lowest BCUT2D eigenvalue weighted by molar-refractivity contribution is 0.360. The Hall–Kier alpha value is -0.440. The van der Waals surface area contributed by atoms with E-state index in [1.165, 1.54) is 12.8 Å². The quantitative estimate of drug-likeness (QED) is 0.909. The Morgan fingerprint density at radius 3 is 2.79 bits per heavy atom. The fourth-order valence-corrected chi connectivity index (χ4v) is 3.40. The van der Waals surface area contributed by atoms with Crippen molar-refractivity contribution in [3.63, 3.8) is 0 Å². The topological polar surface area (TPSA) is 15.3 Å². The molecule has 0 aromatic heterocycles. The van der Waals surface area contributed by atoms with Crippen LogP contribution in [-0.4, -0.2) is 25.2 Å². The highest BCUT2D eigenvalue weighted by molar-refractivity contribution is 6.35. The van der Waals surface area contributed by atoms with E-state index in [1.807, 2.05) is 18.2 Å². The molecule has 0 radical (unpaired) electrons. The molecule has 1 aliphatic heterocycles. The molecule has 1 N–H and O–H groups in total. The standard InChI is InChI=1S/C15H20Cl2N2/c1-2-12-8-18-14(10-3-4-10)9-19(12)15-7-11(16)5-6-13(15)17/h5-7,10,12,14,18H,2-4,8-9H2,1H3. The van der Waals surface area contributed by atoms with Gasteiger partial charge in [0.1, 0.15) is 0 Å². The Balaban J connectivity index is 1.87. The van der Waals surface area contributed by atoms with E-state index in [9.17, 15) is 0 Å².